The van der Waals surface area contributed by atoms with Gasteiger partial charge in [0.2, 0.25) is 0 Å². The second-order valence-corrected chi connectivity index (χ2v) is 5.44. The average molecular weight is 319 g/mol. The van der Waals surface area contributed by atoms with Crippen molar-refractivity contribution in [3.8, 4) is 0 Å². The maximum atomic E-state index is 11.4. The Hall–Kier alpha value is -0.580. The number of aliphatic carboxylic acids is 1. The number of carboxylic acids is 1. The third-order valence-corrected chi connectivity index (χ3v) is 3.92. The molecule has 5 heteroatoms. The first-order valence-corrected chi connectivity index (χ1v) is 6.68. The normalized spacial score (nSPS) is 18.2. The lowest BCUT2D eigenvalue weighted by Gasteiger charge is -2.24. The molecule has 1 aliphatic heterocycles. The minimum absolute atomic E-state index is 0.579. The van der Waals surface area contributed by atoms with E-state index >= 15 is 0 Å². The van der Waals surface area contributed by atoms with E-state index < -0.39 is 12.0 Å². The van der Waals surface area contributed by atoms with Gasteiger partial charge >= 0.3 is 5.97 Å². The smallest absolute Gasteiger partial charge is 0.325 e. The standard InChI is InChI=1S/C12H13BrClNO2/c13-10-7-8(14)3-4-9(10)11(12(16)17)15-5-1-2-6-15/h3-4,7,11H,1-2,5-6H2,(H,16,17). The highest BCUT2D eigenvalue weighted by Gasteiger charge is 2.30. The Morgan fingerprint density at radius 3 is 2.59 bits per heavy atom. The molecule has 1 aromatic carbocycles. The van der Waals surface area contributed by atoms with Crippen molar-refractivity contribution < 1.29 is 9.90 Å². The minimum atomic E-state index is -0.810. The van der Waals surface area contributed by atoms with Crippen molar-refractivity contribution in [3.05, 3.63) is 33.3 Å². The number of carboxylic acid groups (broad SMARTS) is 1. The van der Waals surface area contributed by atoms with Gasteiger partial charge in [0.1, 0.15) is 6.04 Å². The molecule has 0 spiro atoms. The summed E-state index contributed by atoms with van der Waals surface area (Å²) in [4.78, 5) is 13.4. The van der Waals surface area contributed by atoms with E-state index in [0.29, 0.717) is 5.02 Å². The second kappa shape index (κ2) is 5.38. The van der Waals surface area contributed by atoms with Crippen molar-refractivity contribution in [2.45, 2.75) is 18.9 Å². The van der Waals surface area contributed by atoms with Crippen molar-refractivity contribution in [2.24, 2.45) is 0 Å². The third-order valence-electron chi connectivity index (χ3n) is 3.00. The van der Waals surface area contributed by atoms with Gasteiger partial charge in [0.05, 0.1) is 0 Å². The van der Waals surface area contributed by atoms with E-state index in [1.54, 1.807) is 18.2 Å². The summed E-state index contributed by atoms with van der Waals surface area (Å²) in [5.41, 5.74) is 0.767. The Balaban J connectivity index is 2.35. The van der Waals surface area contributed by atoms with Crippen LogP contribution in [0.5, 0.6) is 0 Å². The lowest BCUT2D eigenvalue weighted by Crippen LogP contribution is -2.31. The molecule has 0 radical (unpaired) electrons. The number of likely N-dealkylation sites (tertiary alicyclic amines) is 1. The minimum Gasteiger partial charge on any atom is -0.480 e. The molecular formula is C12H13BrClNO2. The molecule has 0 bridgehead atoms. The van der Waals surface area contributed by atoms with E-state index in [9.17, 15) is 9.90 Å². The summed E-state index contributed by atoms with van der Waals surface area (Å²) in [5, 5.41) is 9.99. The molecule has 92 valence electrons. The van der Waals surface area contributed by atoms with Crippen molar-refractivity contribution in [1.29, 1.82) is 0 Å². The van der Waals surface area contributed by atoms with Crippen LogP contribution < -0.4 is 0 Å². The fourth-order valence-corrected chi connectivity index (χ4v) is 3.11. The second-order valence-electron chi connectivity index (χ2n) is 4.15. The van der Waals surface area contributed by atoms with Crippen LogP contribution in [0.2, 0.25) is 5.02 Å². The number of carbonyl (C=O) groups is 1. The zero-order valence-corrected chi connectivity index (χ0v) is 11.5. The number of benzene rings is 1. The van der Waals surface area contributed by atoms with Gasteiger partial charge in [0, 0.05) is 9.50 Å². The topological polar surface area (TPSA) is 40.5 Å². The molecule has 1 fully saturated rings. The summed E-state index contributed by atoms with van der Waals surface area (Å²) < 4.78 is 0.754. The van der Waals surface area contributed by atoms with E-state index in [4.69, 9.17) is 11.6 Å². The highest BCUT2D eigenvalue weighted by atomic mass is 79.9. The SMILES string of the molecule is O=C(O)C(c1ccc(Cl)cc1Br)N1CCCC1. The van der Waals surface area contributed by atoms with Crippen molar-refractivity contribution >= 4 is 33.5 Å². The first-order valence-electron chi connectivity index (χ1n) is 5.51. The maximum absolute atomic E-state index is 11.4. The zero-order chi connectivity index (χ0) is 12.4. The van der Waals surface area contributed by atoms with Gasteiger partial charge in [0.25, 0.3) is 0 Å². The van der Waals surface area contributed by atoms with E-state index in [2.05, 4.69) is 15.9 Å². The number of rotatable bonds is 3. The number of hydrogen-bond donors (Lipinski definition) is 1. The monoisotopic (exact) mass is 317 g/mol. The van der Waals surface area contributed by atoms with E-state index in [1.807, 2.05) is 4.90 Å². The van der Waals surface area contributed by atoms with Crippen LogP contribution >= 0.6 is 27.5 Å². The summed E-state index contributed by atoms with van der Waals surface area (Å²) >= 11 is 9.26. The molecular weight excluding hydrogens is 305 g/mol. The molecule has 17 heavy (non-hydrogen) atoms. The molecule has 0 aliphatic carbocycles. The molecule has 1 unspecified atom stereocenters. The van der Waals surface area contributed by atoms with Crippen molar-refractivity contribution in [3.63, 3.8) is 0 Å². The zero-order valence-electron chi connectivity index (χ0n) is 9.20. The molecule has 1 heterocycles. The highest BCUT2D eigenvalue weighted by molar-refractivity contribution is 9.10. The van der Waals surface area contributed by atoms with Crippen LogP contribution in [0.3, 0.4) is 0 Å². The van der Waals surface area contributed by atoms with Gasteiger partial charge in [-0.25, -0.2) is 0 Å². The number of hydrogen-bond acceptors (Lipinski definition) is 2. The molecule has 1 aliphatic rings. The van der Waals surface area contributed by atoms with Crippen LogP contribution in [0, 0.1) is 0 Å². The van der Waals surface area contributed by atoms with Crippen LogP contribution in [-0.2, 0) is 4.79 Å². The molecule has 1 aromatic rings. The van der Waals surface area contributed by atoms with Gasteiger partial charge < -0.3 is 5.11 Å². The molecule has 0 saturated carbocycles. The Morgan fingerprint density at radius 2 is 2.06 bits per heavy atom. The Bertz CT molecular complexity index is 433. The molecule has 1 atom stereocenters. The summed E-state index contributed by atoms with van der Waals surface area (Å²) in [6.45, 7) is 1.68. The molecule has 0 amide bonds. The van der Waals surface area contributed by atoms with E-state index in [1.165, 1.54) is 0 Å². The van der Waals surface area contributed by atoms with E-state index in [0.717, 1.165) is 36.0 Å². The maximum Gasteiger partial charge on any atom is 0.325 e. The van der Waals surface area contributed by atoms with Gasteiger partial charge in [-0.3, -0.25) is 9.69 Å². The fourth-order valence-electron chi connectivity index (χ4n) is 2.21. The largest absolute Gasteiger partial charge is 0.480 e. The summed E-state index contributed by atoms with van der Waals surface area (Å²) in [6.07, 6.45) is 2.13. The number of nitrogens with zero attached hydrogens (tertiary/aromatic N) is 1. The van der Waals surface area contributed by atoms with Crippen molar-refractivity contribution in [1.82, 2.24) is 4.90 Å². The van der Waals surface area contributed by atoms with Gasteiger partial charge in [-0.15, -0.1) is 0 Å². The Labute approximate surface area is 114 Å². The molecule has 0 aromatic heterocycles. The molecule has 2 rings (SSSR count). The van der Waals surface area contributed by atoms with Gasteiger partial charge in [0.15, 0.2) is 0 Å². The Kier molecular flexibility index (Phi) is 4.07. The van der Waals surface area contributed by atoms with E-state index in [-0.39, 0.29) is 0 Å². The summed E-state index contributed by atoms with van der Waals surface area (Å²) in [6, 6.07) is 4.67. The highest BCUT2D eigenvalue weighted by Crippen LogP contribution is 2.32. The number of halogens is 2. The quantitative estimate of drug-likeness (QED) is 0.929. The van der Waals surface area contributed by atoms with Crippen LogP contribution in [0.25, 0.3) is 0 Å². The van der Waals surface area contributed by atoms with Crippen LogP contribution in [0.15, 0.2) is 22.7 Å². The summed E-state index contributed by atoms with van der Waals surface area (Å²) in [7, 11) is 0. The fraction of sp³-hybridized carbons (Fsp3) is 0.417. The van der Waals surface area contributed by atoms with Crippen LogP contribution in [0.1, 0.15) is 24.4 Å². The first-order chi connectivity index (χ1) is 8.09. The summed E-state index contributed by atoms with van der Waals surface area (Å²) in [5.74, 6) is -0.810. The average Bonchev–Trinajstić information content (AvgIpc) is 2.74. The van der Waals surface area contributed by atoms with Gasteiger partial charge in [-0.1, -0.05) is 33.6 Å². The lowest BCUT2D eigenvalue weighted by molar-refractivity contribution is -0.143. The van der Waals surface area contributed by atoms with Gasteiger partial charge in [-0.2, -0.15) is 0 Å². The Morgan fingerprint density at radius 1 is 1.41 bits per heavy atom. The van der Waals surface area contributed by atoms with Crippen molar-refractivity contribution in [2.75, 3.05) is 13.1 Å². The van der Waals surface area contributed by atoms with Gasteiger partial charge in [-0.05, 0) is 43.6 Å². The van der Waals surface area contributed by atoms with Crippen LogP contribution in [-0.4, -0.2) is 29.1 Å². The first kappa shape index (κ1) is 12.9. The van der Waals surface area contributed by atoms with Crippen LogP contribution in [0.4, 0.5) is 0 Å². The molecule has 1 N–H and O–H groups in total. The third kappa shape index (κ3) is 2.81. The predicted molar refractivity (Wildman–Crippen MR) is 70.3 cm³/mol. The lowest BCUT2D eigenvalue weighted by atomic mass is 10.1. The molecule has 1 saturated heterocycles. The molecule has 3 nitrogen and oxygen atoms in total. The predicted octanol–water partition coefficient (Wildman–Crippen LogP) is 3.32.